The Balaban J connectivity index is 1.90. The van der Waals surface area contributed by atoms with E-state index in [0.717, 1.165) is 22.9 Å². The van der Waals surface area contributed by atoms with Gasteiger partial charge in [-0.15, -0.1) is 10.2 Å². The molecule has 1 atom stereocenters. The van der Waals surface area contributed by atoms with Crippen molar-refractivity contribution in [3.05, 3.63) is 53.6 Å². The van der Waals surface area contributed by atoms with Crippen molar-refractivity contribution in [3.8, 4) is 5.69 Å². The number of methoxy groups -OCH3 is 1. The van der Waals surface area contributed by atoms with Crippen molar-refractivity contribution in [2.45, 2.75) is 48.5 Å². The predicted molar refractivity (Wildman–Crippen MR) is 114 cm³/mol. The fourth-order valence-corrected chi connectivity index (χ4v) is 4.63. The Bertz CT molecular complexity index is 958. The molecule has 0 unspecified atom stereocenters. The topological polar surface area (TPSA) is 82.8 Å². The fourth-order valence-electron chi connectivity index (χ4n) is 2.75. The zero-order chi connectivity index (χ0) is 20.8. The Morgan fingerprint density at radius 2 is 1.83 bits per heavy atom. The summed E-state index contributed by atoms with van der Waals surface area (Å²) < 4.78 is 6.90. The summed E-state index contributed by atoms with van der Waals surface area (Å²) in [7, 11) is 1.40. The predicted octanol–water partition coefficient (Wildman–Crippen LogP) is 4.01. The molecule has 0 spiro atoms. The van der Waals surface area contributed by atoms with Crippen LogP contribution in [0.5, 0.6) is 0 Å². The first-order chi connectivity index (χ1) is 14.0. The molecular formula is C20H23N5O2S2. The Kier molecular flexibility index (Phi) is 7.27. The second-order valence-corrected chi connectivity index (χ2v) is 8.44. The van der Waals surface area contributed by atoms with E-state index in [1.807, 2.05) is 61.7 Å². The minimum atomic E-state index is -0.338. The average molecular weight is 430 g/mol. The third-order valence-corrected chi connectivity index (χ3v) is 6.22. The standard InChI is InChI=1S/C20H23N5O2S2/c1-5-16(18(26)27-4)29-20-24-23-17(25(20)15-9-7-6-8-10-15)12-28-19-21-13(2)11-14(3)22-19/h6-11,16H,5,12H2,1-4H3/t16-/m1/s1. The van der Waals surface area contributed by atoms with Crippen molar-refractivity contribution in [1.29, 1.82) is 0 Å². The number of esters is 1. The van der Waals surface area contributed by atoms with Crippen LogP contribution in [0.25, 0.3) is 5.69 Å². The van der Waals surface area contributed by atoms with E-state index in [-0.39, 0.29) is 11.2 Å². The monoisotopic (exact) mass is 429 g/mol. The average Bonchev–Trinajstić information content (AvgIpc) is 3.12. The zero-order valence-electron chi connectivity index (χ0n) is 16.8. The summed E-state index contributed by atoms with van der Waals surface area (Å²) in [6.07, 6.45) is 0.638. The number of aromatic nitrogens is 5. The lowest BCUT2D eigenvalue weighted by Crippen LogP contribution is -2.18. The second-order valence-electron chi connectivity index (χ2n) is 6.33. The van der Waals surface area contributed by atoms with Gasteiger partial charge in [0.25, 0.3) is 0 Å². The number of carbonyl (C=O) groups excluding carboxylic acids is 1. The lowest BCUT2D eigenvalue weighted by atomic mass is 10.3. The number of rotatable bonds is 8. The van der Waals surface area contributed by atoms with Crippen LogP contribution in [0.1, 0.15) is 30.6 Å². The number of ether oxygens (including phenoxy) is 1. The van der Waals surface area contributed by atoms with Crippen LogP contribution in [0.3, 0.4) is 0 Å². The molecule has 9 heteroatoms. The van der Waals surface area contributed by atoms with E-state index in [0.29, 0.717) is 22.5 Å². The molecule has 7 nitrogen and oxygen atoms in total. The number of para-hydroxylation sites is 1. The maximum absolute atomic E-state index is 12.1. The Labute approximate surface area is 178 Å². The first-order valence-electron chi connectivity index (χ1n) is 9.21. The number of hydrogen-bond donors (Lipinski definition) is 0. The molecule has 0 saturated heterocycles. The van der Waals surface area contributed by atoms with E-state index >= 15 is 0 Å². The van der Waals surface area contributed by atoms with Crippen molar-refractivity contribution in [2.75, 3.05) is 7.11 Å². The van der Waals surface area contributed by atoms with Gasteiger partial charge in [0.15, 0.2) is 10.3 Å². The molecule has 0 amide bonds. The van der Waals surface area contributed by atoms with Crippen LogP contribution in [0.2, 0.25) is 0 Å². The second kappa shape index (κ2) is 9.89. The largest absolute Gasteiger partial charge is 0.468 e. The van der Waals surface area contributed by atoms with Gasteiger partial charge in [-0.2, -0.15) is 0 Å². The van der Waals surface area contributed by atoms with Crippen molar-refractivity contribution < 1.29 is 9.53 Å². The van der Waals surface area contributed by atoms with Crippen LogP contribution in [0.15, 0.2) is 46.7 Å². The van der Waals surface area contributed by atoms with Crippen LogP contribution in [0.4, 0.5) is 0 Å². The molecule has 152 valence electrons. The molecule has 0 saturated carbocycles. The maximum atomic E-state index is 12.1. The molecule has 0 aliphatic rings. The highest BCUT2D eigenvalue weighted by Crippen LogP contribution is 2.30. The summed E-state index contributed by atoms with van der Waals surface area (Å²) in [6.45, 7) is 5.86. The number of benzene rings is 1. The molecule has 0 N–H and O–H groups in total. The summed E-state index contributed by atoms with van der Waals surface area (Å²) in [5.74, 6) is 1.06. The minimum absolute atomic E-state index is 0.264. The molecule has 3 aromatic rings. The normalized spacial score (nSPS) is 12.0. The highest BCUT2D eigenvalue weighted by atomic mass is 32.2. The van der Waals surface area contributed by atoms with Crippen molar-refractivity contribution >= 4 is 29.5 Å². The first kappa shape index (κ1) is 21.3. The zero-order valence-corrected chi connectivity index (χ0v) is 18.5. The van der Waals surface area contributed by atoms with Crippen molar-refractivity contribution in [1.82, 2.24) is 24.7 Å². The summed E-state index contributed by atoms with van der Waals surface area (Å²) in [4.78, 5) is 21.0. The Morgan fingerprint density at radius 3 is 2.45 bits per heavy atom. The molecule has 2 aromatic heterocycles. The van der Waals surface area contributed by atoms with Gasteiger partial charge >= 0.3 is 5.97 Å². The summed E-state index contributed by atoms with van der Waals surface area (Å²) >= 11 is 2.88. The molecule has 0 aliphatic heterocycles. The summed E-state index contributed by atoms with van der Waals surface area (Å²) in [6, 6.07) is 11.8. The number of carbonyl (C=O) groups is 1. The molecule has 3 rings (SSSR count). The van der Waals surface area contributed by atoms with Crippen LogP contribution in [-0.4, -0.2) is 43.1 Å². The molecule has 0 bridgehead atoms. The van der Waals surface area contributed by atoms with Gasteiger partial charge < -0.3 is 4.74 Å². The summed E-state index contributed by atoms with van der Waals surface area (Å²) in [5.41, 5.74) is 2.81. The van der Waals surface area contributed by atoms with Crippen LogP contribution >= 0.6 is 23.5 Å². The lowest BCUT2D eigenvalue weighted by molar-refractivity contribution is -0.140. The van der Waals surface area contributed by atoms with Gasteiger partial charge in [-0.05, 0) is 38.5 Å². The lowest BCUT2D eigenvalue weighted by Gasteiger charge is -2.14. The molecule has 0 radical (unpaired) electrons. The van der Waals surface area contributed by atoms with Gasteiger partial charge in [0.05, 0.1) is 12.9 Å². The van der Waals surface area contributed by atoms with Gasteiger partial charge in [0.2, 0.25) is 0 Å². The third kappa shape index (κ3) is 5.36. The third-order valence-electron chi connectivity index (χ3n) is 4.09. The highest BCUT2D eigenvalue weighted by Gasteiger charge is 2.24. The molecule has 29 heavy (non-hydrogen) atoms. The number of thioether (sulfide) groups is 2. The molecular weight excluding hydrogens is 406 g/mol. The van der Waals surface area contributed by atoms with E-state index < -0.39 is 0 Å². The van der Waals surface area contributed by atoms with E-state index in [9.17, 15) is 4.79 Å². The van der Waals surface area contributed by atoms with E-state index in [2.05, 4.69) is 20.2 Å². The number of nitrogens with zero attached hydrogens (tertiary/aromatic N) is 5. The van der Waals surface area contributed by atoms with Crippen LogP contribution in [-0.2, 0) is 15.3 Å². The van der Waals surface area contributed by atoms with Crippen molar-refractivity contribution in [2.24, 2.45) is 0 Å². The first-order valence-corrected chi connectivity index (χ1v) is 11.1. The smallest absolute Gasteiger partial charge is 0.319 e. The van der Waals surface area contributed by atoms with Gasteiger partial charge in [-0.3, -0.25) is 9.36 Å². The van der Waals surface area contributed by atoms with Crippen LogP contribution < -0.4 is 0 Å². The fraction of sp³-hybridized carbons (Fsp3) is 0.350. The van der Waals surface area contributed by atoms with Gasteiger partial charge in [0, 0.05) is 17.1 Å². The maximum Gasteiger partial charge on any atom is 0.319 e. The number of hydrogen-bond acceptors (Lipinski definition) is 8. The summed E-state index contributed by atoms with van der Waals surface area (Å²) in [5, 5.41) is 9.78. The molecule has 0 aliphatic carbocycles. The highest BCUT2D eigenvalue weighted by molar-refractivity contribution is 8.00. The van der Waals surface area contributed by atoms with Gasteiger partial charge in [-0.25, -0.2) is 9.97 Å². The van der Waals surface area contributed by atoms with Crippen molar-refractivity contribution in [3.63, 3.8) is 0 Å². The molecule has 1 aromatic carbocycles. The quantitative estimate of drug-likeness (QED) is 0.302. The minimum Gasteiger partial charge on any atom is -0.468 e. The SMILES string of the molecule is CC[C@@H](Sc1nnc(CSc2nc(C)cc(C)n2)n1-c1ccccc1)C(=O)OC. The number of aryl methyl sites for hydroxylation is 2. The molecule has 0 fully saturated rings. The van der Waals surface area contributed by atoms with E-state index in [4.69, 9.17) is 4.74 Å². The van der Waals surface area contributed by atoms with Gasteiger partial charge in [-0.1, -0.05) is 48.6 Å². The van der Waals surface area contributed by atoms with E-state index in [1.165, 1.54) is 30.6 Å². The Hall–Kier alpha value is -2.39. The Morgan fingerprint density at radius 1 is 1.14 bits per heavy atom. The van der Waals surface area contributed by atoms with Crippen LogP contribution in [0, 0.1) is 13.8 Å². The molecule has 2 heterocycles. The van der Waals surface area contributed by atoms with Gasteiger partial charge in [0.1, 0.15) is 11.1 Å². The van der Waals surface area contributed by atoms with E-state index in [1.54, 1.807) is 0 Å².